The predicted molar refractivity (Wildman–Crippen MR) is 101 cm³/mol. The van der Waals surface area contributed by atoms with E-state index in [4.69, 9.17) is 9.90 Å². The maximum absolute atomic E-state index is 9.00. The molecule has 0 unspecified atom stereocenters. The van der Waals surface area contributed by atoms with E-state index in [2.05, 4.69) is 72.8 Å². The lowest BCUT2D eigenvalue weighted by Gasteiger charge is -2.14. The van der Waals surface area contributed by atoms with Crippen LogP contribution < -0.4 is 0 Å². The molecule has 0 saturated carbocycles. The molecular weight excluding hydrogens is 296 g/mol. The van der Waals surface area contributed by atoms with Crippen molar-refractivity contribution in [3.63, 3.8) is 0 Å². The van der Waals surface area contributed by atoms with Crippen LogP contribution in [0.1, 0.15) is 6.92 Å². The quantitative estimate of drug-likeness (QED) is 0.288. The third-order valence-electron chi connectivity index (χ3n) is 4.39. The molecule has 0 fully saturated rings. The summed E-state index contributed by atoms with van der Waals surface area (Å²) in [5, 5.41) is 18.3. The number of carboxylic acids is 1. The Morgan fingerprint density at radius 2 is 1.00 bits per heavy atom. The second-order valence-corrected chi connectivity index (χ2v) is 5.94. The van der Waals surface area contributed by atoms with Crippen LogP contribution in [0, 0.1) is 0 Å². The fraction of sp³-hybridized carbons (Fsp3) is 0.0455. The Labute approximate surface area is 139 Å². The van der Waals surface area contributed by atoms with Crippen molar-refractivity contribution >= 4 is 49.1 Å². The summed E-state index contributed by atoms with van der Waals surface area (Å²) in [5.74, 6) is -0.833. The van der Waals surface area contributed by atoms with E-state index in [-0.39, 0.29) is 0 Å². The van der Waals surface area contributed by atoms with Crippen LogP contribution in [0.5, 0.6) is 0 Å². The molecule has 0 radical (unpaired) electrons. The SMILES string of the molecule is CC(=O)O.c1ccc2c(c1)c1cccc3ccc4cccc2c4c31. The van der Waals surface area contributed by atoms with E-state index in [0.29, 0.717) is 0 Å². The summed E-state index contributed by atoms with van der Waals surface area (Å²) in [7, 11) is 0. The van der Waals surface area contributed by atoms with Gasteiger partial charge in [-0.05, 0) is 43.1 Å². The van der Waals surface area contributed by atoms with Crippen LogP contribution in [-0.2, 0) is 4.79 Å². The maximum atomic E-state index is 9.00. The molecule has 0 aliphatic carbocycles. The van der Waals surface area contributed by atoms with Crippen molar-refractivity contribution in [1.82, 2.24) is 0 Å². The summed E-state index contributed by atoms with van der Waals surface area (Å²) in [6.07, 6.45) is 0. The molecule has 5 rings (SSSR count). The van der Waals surface area contributed by atoms with Crippen molar-refractivity contribution in [1.29, 1.82) is 0 Å². The Morgan fingerprint density at radius 3 is 1.42 bits per heavy atom. The third-order valence-corrected chi connectivity index (χ3v) is 4.39. The summed E-state index contributed by atoms with van der Waals surface area (Å²) in [6, 6.07) is 26.4. The van der Waals surface area contributed by atoms with Crippen molar-refractivity contribution in [3.05, 3.63) is 72.8 Å². The first-order chi connectivity index (χ1) is 11.7. The van der Waals surface area contributed by atoms with Gasteiger partial charge in [-0.3, -0.25) is 4.79 Å². The lowest BCUT2D eigenvalue weighted by Crippen LogP contribution is -1.86. The van der Waals surface area contributed by atoms with Crippen LogP contribution in [0.15, 0.2) is 72.8 Å². The Bertz CT molecular complexity index is 1100. The minimum absolute atomic E-state index is 0.833. The number of carboxylic acid groups (broad SMARTS) is 1. The molecule has 2 heteroatoms. The number of hydrogen-bond donors (Lipinski definition) is 1. The number of rotatable bonds is 0. The summed E-state index contributed by atoms with van der Waals surface area (Å²) in [5.41, 5.74) is 0. The number of hydrogen-bond acceptors (Lipinski definition) is 1. The Morgan fingerprint density at radius 1 is 0.625 bits per heavy atom. The molecule has 0 aromatic heterocycles. The van der Waals surface area contributed by atoms with Crippen molar-refractivity contribution < 1.29 is 9.90 Å². The largest absolute Gasteiger partial charge is 0.481 e. The topological polar surface area (TPSA) is 37.3 Å². The zero-order valence-corrected chi connectivity index (χ0v) is 13.3. The van der Waals surface area contributed by atoms with E-state index in [1.54, 1.807) is 0 Å². The molecule has 0 bridgehead atoms. The van der Waals surface area contributed by atoms with Crippen LogP contribution in [0.4, 0.5) is 0 Å². The standard InChI is InChI=1S/C20H12.C2H4O2/c1-2-8-16-15(7-1)17-9-3-5-13-11-12-14-6-4-10-18(16)20(14)19(13)17;1-2(3)4/h1-12H;1H3,(H,3,4). The van der Waals surface area contributed by atoms with Crippen LogP contribution in [0.2, 0.25) is 0 Å². The van der Waals surface area contributed by atoms with Gasteiger partial charge in [0.25, 0.3) is 5.97 Å². The normalized spacial score (nSPS) is 11.0. The van der Waals surface area contributed by atoms with Crippen molar-refractivity contribution in [2.45, 2.75) is 6.92 Å². The minimum atomic E-state index is -0.833. The molecule has 0 spiro atoms. The Kier molecular flexibility index (Phi) is 3.31. The van der Waals surface area contributed by atoms with Gasteiger partial charge in [0, 0.05) is 6.92 Å². The Balaban J connectivity index is 0.000000332. The predicted octanol–water partition coefficient (Wildman–Crippen LogP) is 5.83. The zero-order valence-electron chi connectivity index (χ0n) is 13.3. The van der Waals surface area contributed by atoms with E-state index in [1.165, 1.54) is 43.1 Å². The lowest BCUT2D eigenvalue weighted by atomic mass is 9.89. The smallest absolute Gasteiger partial charge is 0.300 e. The number of carbonyl (C=O) groups is 1. The van der Waals surface area contributed by atoms with Gasteiger partial charge < -0.3 is 5.11 Å². The molecular formula is C22H16O2. The van der Waals surface area contributed by atoms with E-state index in [9.17, 15) is 0 Å². The number of benzene rings is 5. The summed E-state index contributed by atoms with van der Waals surface area (Å²) in [6.45, 7) is 1.08. The first-order valence-corrected chi connectivity index (χ1v) is 7.90. The summed E-state index contributed by atoms with van der Waals surface area (Å²) >= 11 is 0. The van der Waals surface area contributed by atoms with Crippen LogP contribution in [-0.4, -0.2) is 11.1 Å². The first kappa shape index (κ1) is 14.5. The van der Waals surface area contributed by atoms with Gasteiger partial charge in [-0.25, -0.2) is 0 Å². The molecule has 0 amide bonds. The fourth-order valence-corrected chi connectivity index (χ4v) is 3.56. The van der Waals surface area contributed by atoms with Crippen LogP contribution in [0.3, 0.4) is 0 Å². The van der Waals surface area contributed by atoms with E-state index in [0.717, 1.165) is 6.92 Å². The van der Waals surface area contributed by atoms with Gasteiger partial charge in [-0.1, -0.05) is 72.8 Å². The van der Waals surface area contributed by atoms with Crippen LogP contribution >= 0.6 is 0 Å². The summed E-state index contributed by atoms with van der Waals surface area (Å²) in [4.78, 5) is 9.00. The highest BCUT2D eigenvalue weighted by atomic mass is 16.4. The molecule has 0 aliphatic rings. The van der Waals surface area contributed by atoms with Crippen molar-refractivity contribution in [2.24, 2.45) is 0 Å². The highest BCUT2D eigenvalue weighted by Gasteiger charge is 2.11. The van der Waals surface area contributed by atoms with Crippen LogP contribution in [0.25, 0.3) is 43.1 Å². The molecule has 0 aliphatic heterocycles. The van der Waals surface area contributed by atoms with Gasteiger partial charge in [0.15, 0.2) is 0 Å². The molecule has 5 aromatic rings. The second kappa shape index (κ2) is 5.50. The molecule has 2 nitrogen and oxygen atoms in total. The van der Waals surface area contributed by atoms with Gasteiger partial charge in [0.1, 0.15) is 0 Å². The highest BCUT2D eigenvalue weighted by molar-refractivity contribution is 6.33. The van der Waals surface area contributed by atoms with Crippen molar-refractivity contribution in [2.75, 3.05) is 0 Å². The lowest BCUT2D eigenvalue weighted by molar-refractivity contribution is -0.134. The molecule has 0 heterocycles. The molecule has 24 heavy (non-hydrogen) atoms. The van der Waals surface area contributed by atoms with E-state index >= 15 is 0 Å². The monoisotopic (exact) mass is 312 g/mol. The van der Waals surface area contributed by atoms with Gasteiger partial charge in [-0.2, -0.15) is 0 Å². The van der Waals surface area contributed by atoms with Gasteiger partial charge >= 0.3 is 0 Å². The minimum Gasteiger partial charge on any atom is -0.481 e. The third kappa shape index (κ3) is 2.16. The first-order valence-electron chi connectivity index (χ1n) is 7.90. The van der Waals surface area contributed by atoms with Gasteiger partial charge in [0.05, 0.1) is 0 Å². The average Bonchev–Trinajstić information content (AvgIpc) is 2.60. The molecule has 1 N–H and O–H groups in total. The zero-order chi connectivity index (χ0) is 16.7. The second-order valence-electron chi connectivity index (χ2n) is 5.94. The molecule has 0 saturated heterocycles. The molecule has 116 valence electrons. The van der Waals surface area contributed by atoms with Crippen molar-refractivity contribution in [3.8, 4) is 0 Å². The van der Waals surface area contributed by atoms with Gasteiger partial charge in [-0.15, -0.1) is 0 Å². The fourth-order valence-electron chi connectivity index (χ4n) is 3.56. The summed E-state index contributed by atoms with van der Waals surface area (Å²) < 4.78 is 0. The number of aliphatic carboxylic acids is 1. The highest BCUT2D eigenvalue weighted by Crippen LogP contribution is 2.40. The number of fused-ring (bicyclic) bond motifs is 3. The van der Waals surface area contributed by atoms with E-state index in [1.807, 2.05) is 0 Å². The Hall–Kier alpha value is -3.13. The van der Waals surface area contributed by atoms with E-state index < -0.39 is 5.97 Å². The maximum Gasteiger partial charge on any atom is 0.300 e. The molecule has 0 atom stereocenters. The molecule has 5 aromatic carbocycles. The average molecular weight is 312 g/mol. The van der Waals surface area contributed by atoms with Gasteiger partial charge in [0.2, 0.25) is 0 Å².